The SMILES string of the molecule is COc1ccc(S(=O)(=O)N2CCCO[C@H]2CNC(=O)C(=O)NCc2cccc(OC)c2)cc1. The van der Waals surface area contributed by atoms with E-state index < -0.39 is 28.1 Å². The molecule has 2 aromatic carbocycles. The molecule has 11 heteroatoms. The van der Waals surface area contributed by atoms with Gasteiger partial charge < -0.3 is 24.8 Å². The number of carbonyl (C=O) groups excluding carboxylic acids is 2. The van der Waals surface area contributed by atoms with Gasteiger partial charge in [0, 0.05) is 13.1 Å². The number of methoxy groups -OCH3 is 2. The number of benzene rings is 2. The van der Waals surface area contributed by atoms with Crippen LogP contribution in [0.1, 0.15) is 12.0 Å². The van der Waals surface area contributed by atoms with Crippen LogP contribution in [-0.4, -0.2) is 64.7 Å². The lowest BCUT2D eigenvalue weighted by Crippen LogP contribution is -2.53. The monoisotopic (exact) mass is 477 g/mol. The Morgan fingerprint density at radius 3 is 2.42 bits per heavy atom. The molecule has 1 aliphatic rings. The predicted octanol–water partition coefficient (Wildman–Crippen LogP) is 0.874. The quantitative estimate of drug-likeness (QED) is 0.541. The van der Waals surface area contributed by atoms with E-state index in [1.54, 1.807) is 36.4 Å². The summed E-state index contributed by atoms with van der Waals surface area (Å²) in [6.45, 7) is 0.552. The van der Waals surface area contributed by atoms with Gasteiger partial charge in [0.25, 0.3) is 0 Å². The maximum atomic E-state index is 13.1. The summed E-state index contributed by atoms with van der Waals surface area (Å²) >= 11 is 0. The van der Waals surface area contributed by atoms with Gasteiger partial charge in [-0.2, -0.15) is 4.31 Å². The van der Waals surface area contributed by atoms with E-state index in [2.05, 4.69) is 10.6 Å². The molecule has 10 nitrogen and oxygen atoms in total. The highest BCUT2D eigenvalue weighted by molar-refractivity contribution is 7.89. The number of nitrogens with zero attached hydrogens (tertiary/aromatic N) is 1. The van der Waals surface area contributed by atoms with Crippen LogP contribution in [0.4, 0.5) is 0 Å². The fourth-order valence-corrected chi connectivity index (χ4v) is 4.86. The molecule has 0 unspecified atom stereocenters. The standard InChI is InChI=1S/C22H27N3O7S/c1-30-17-7-9-19(10-8-17)33(28,29)25-11-4-12-32-20(25)15-24-22(27)21(26)23-14-16-5-3-6-18(13-16)31-2/h3,5-10,13,20H,4,11-12,14-15H2,1-2H3,(H,23,26)(H,24,27)/t20-/m0/s1. The van der Waals surface area contributed by atoms with Crippen molar-refractivity contribution in [1.29, 1.82) is 0 Å². The molecule has 0 bridgehead atoms. The van der Waals surface area contributed by atoms with E-state index in [4.69, 9.17) is 14.2 Å². The van der Waals surface area contributed by atoms with Crippen molar-refractivity contribution in [1.82, 2.24) is 14.9 Å². The van der Waals surface area contributed by atoms with Crippen LogP contribution < -0.4 is 20.1 Å². The third-order valence-corrected chi connectivity index (χ3v) is 6.95. The van der Waals surface area contributed by atoms with Crippen LogP contribution in [0.2, 0.25) is 0 Å². The predicted molar refractivity (Wildman–Crippen MR) is 119 cm³/mol. The van der Waals surface area contributed by atoms with Gasteiger partial charge in [0.1, 0.15) is 17.7 Å². The van der Waals surface area contributed by atoms with Crippen molar-refractivity contribution >= 4 is 21.8 Å². The van der Waals surface area contributed by atoms with Gasteiger partial charge in [-0.15, -0.1) is 0 Å². The molecule has 0 saturated carbocycles. The van der Waals surface area contributed by atoms with Gasteiger partial charge in [-0.25, -0.2) is 8.42 Å². The molecule has 2 aromatic rings. The summed E-state index contributed by atoms with van der Waals surface area (Å²) in [5.41, 5.74) is 0.767. The van der Waals surface area contributed by atoms with Gasteiger partial charge in [0.05, 0.1) is 32.3 Å². The molecule has 2 N–H and O–H groups in total. The molecule has 0 radical (unpaired) electrons. The minimum absolute atomic E-state index is 0.0844. The summed E-state index contributed by atoms with van der Waals surface area (Å²) in [7, 11) is -0.836. The van der Waals surface area contributed by atoms with E-state index in [0.717, 1.165) is 5.56 Å². The zero-order valence-corrected chi connectivity index (χ0v) is 19.3. The summed E-state index contributed by atoms with van der Waals surface area (Å²) in [5.74, 6) is -0.543. The van der Waals surface area contributed by atoms with Crippen molar-refractivity contribution in [3.8, 4) is 11.5 Å². The van der Waals surface area contributed by atoms with E-state index in [1.807, 2.05) is 0 Å². The summed E-state index contributed by atoms with van der Waals surface area (Å²) in [4.78, 5) is 24.5. The van der Waals surface area contributed by atoms with Crippen molar-refractivity contribution < 1.29 is 32.2 Å². The molecule has 1 aliphatic heterocycles. The molecule has 178 valence electrons. The highest BCUT2D eigenvalue weighted by Crippen LogP contribution is 2.23. The maximum Gasteiger partial charge on any atom is 0.309 e. The minimum Gasteiger partial charge on any atom is -0.497 e. The summed E-state index contributed by atoms with van der Waals surface area (Å²) in [6.07, 6.45) is -0.415. The summed E-state index contributed by atoms with van der Waals surface area (Å²) in [5, 5.41) is 4.98. The van der Waals surface area contributed by atoms with Crippen molar-refractivity contribution in [2.75, 3.05) is 33.9 Å². The third-order valence-electron chi connectivity index (χ3n) is 5.05. The van der Waals surface area contributed by atoms with Crippen molar-refractivity contribution in [2.45, 2.75) is 24.1 Å². The number of nitrogens with one attached hydrogen (secondary N) is 2. The zero-order valence-electron chi connectivity index (χ0n) is 18.4. The largest absolute Gasteiger partial charge is 0.497 e. The lowest BCUT2D eigenvalue weighted by atomic mass is 10.2. The summed E-state index contributed by atoms with van der Waals surface area (Å²) < 4.78 is 43.2. The molecule has 1 heterocycles. The van der Waals surface area contributed by atoms with Crippen molar-refractivity contribution in [3.63, 3.8) is 0 Å². The highest BCUT2D eigenvalue weighted by Gasteiger charge is 2.35. The van der Waals surface area contributed by atoms with Gasteiger partial charge in [0.2, 0.25) is 10.0 Å². The summed E-state index contributed by atoms with van der Waals surface area (Å²) in [6, 6.07) is 13.1. The van der Waals surface area contributed by atoms with Crippen molar-refractivity contribution in [2.24, 2.45) is 0 Å². The number of hydrogen-bond acceptors (Lipinski definition) is 7. The van der Waals surface area contributed by atoms with Gasteiger partial charge in [-0.05, 0) is 48.4 Å². The van der Waals surface area contributed by atoms with E-state index in [9.17, 15) is 18.0 Å². The smallest absolute Gasteiger partial charge is 0.309 e. The fraction of sp³-hybridized carbons (Fsp3) is 0.364. The Bertz CT molecular complexity index is 1070. The second kappa shape index (κ2) is 11.1. The minimum atomic E-state index is -3.87. The van der Waals surface area contributed by atoms with Gasteiger partial charge in [-0.3, -0.25) is 9.59 Å². The van der Waals surface area contributed by atoms with Crippen LogP contribution in [-0.2, 0) is 30.9 Å². The van der Waals surface area contributed by atoms with Crippen LogP contribution >= 0.6 is 0 Å². The first-order valence-corrected chi connectivity index (χ1v) is 11.8. The van der Waals surface area contributed by atoms with E-state index in [0.29, 0.717) is 24.5 Å². The van der Waals surface area contributed by atoms with Crippen LogP contribution in [0, 0.1) is 0 Å². The number of carbonyl (C=O) groups is 2. The molecule has 0 aliphatic carbocycles. The Kier molecular flexibility index (Phi) is 8.26. The normalized spacial score (nSPS) is 16.6. The molecule has 0 aromatic heterocycles. The Balaban J connectivity index is 1.58. The topological polar surface area (TPSA) is 123 Å². The highest BCUT2D eigenvalue weighted by atomic mass is 32.2. The Hall–Kier alpha value is -3.15. The lowest BCUT2D eigenvalue weighted by molar-refractivity contribution is -0.140. The fourth-order valence-electron chi connectivity index (χ4n) is 3.29. The van der Waals surface area contributed by atoms with Crippen LogP contribution in [0.3, 0.4) is 0 Å². The molecule has 2 amide bonds. The van der Waals surface area contributed by atoms with Crippen LogP contribution in [0.15, 0.2) is 53.4 Å². The average Bonchev–Trinajstić information content (AvgIpc) is 2.86. The third kappa shape index (κ3) is 6.21. The molecular weight excluding hydrogens is 450 g/mol. The number of amides is 2. The molecule has 33 heavy (non-hydrogen) atoms. The van der Waals surface area contributed by atoms with Crippen molar-refractivity contribution in [3.05, 3.63) is 54.1 Å². The average molecular weight is 478 g/mol. The molecule has 1 atom stereocenters. The van der Waals surface area contributed by atoms with Gasteiger partial charge >= 0.3 is 11.8 Å². The number of hydrogen-bond donors (Lipinski definition) is 2. The van der Waals surface area contributed by atoms with Gasteiger partial charge in [0.15, 0.2) is 0 Å². The van der Waals surface area contributed by atoms with E-state index >= 15 is 0 Å². The second-order valence-electron chi connectivity index (χ2n) is 7.21. The van der Waals surface area contributed by atoms with Gasteiger partial charge in [-0.1, -0.05) is 12.1 Å². The Morgan fingerprint density at radius 2 is 1.73 bits per heavy atom. The second-order valence-corrected chi connectivity index (χ2v) is 9.11. The number of ether oxygens (including phenoxy) is 3. The Labute approximate surface area is 192 Å². The molecular formula is C22H27N3O7S. The first-order chi connectivity index (χ1) is 15.8. The zero-order chi connectivity index (χ0) is 23.8. The van der Waals surface area contributed by atoms with Crippen LogP contribution in [0.5, 0.6) is 11.5 Å². The maximum absolute atomic E-state index is 13.1. The molecule has 3 rings (SSSR count). The first kappa shape index (κ1) is 24.5. The van der Waals surface area contributed by atoms with E-state index in [-0.39, 0.29) is 24.5 Å². The number of sulfonamides is 1. The molecule has 1 fully saturated rings. The number of rotatable bonds is 8. The molecule has 1 saturated heterocycles. The van der Waals surface area contributed by atoms with E-state index in [1.165, 1.54) is 30.7 Å². The lowest BCUT2D eigenvalue weighted by Gasteiger charge is -2.34. The molecule has 0 spiro atoms. The Morgan fingerprint density at radius 1 is 1.03 bits per heavy atom. The van der Waals surface area contributed by atoms with Crippen LogP contribution in [0.25, 0.3) is 0 Å². The first-order valence-electron chi connectivity index (χ1n) is 10.3.